The van der Waals surface area contributed by atoms with Crippen LogP contribution in [0.1, 0.15) is 37.5 Å². The number of rotatable bonds is 4. The average Bonchev–Trinajstić information content (AvgIpc) is 2.75. The molecule has 1 saturated heterocycles. The number of ether oxygens (including phenoxy) is 1. The molecule has 32 heavy (non-hydrogen) atoms. The first-order chi connectivity index (χ1) is 15.1. The smallest absolute Gasteiger partial charge is 0.282 e. The maximum absolute atomic E-state index is 13.2. The van der Waals surface area contributed by atoms with Gasteiger partial charge in [0.15, 0.2) is 0 Å². The molecule has 0 aromatic heterocycles. The monoisotopic (exact) mass is 456 g/mol. The van der Waals surface area contributed by atoms with Gasteiger partial charge in [-0.25, -0.2) is 0 Å². The Bertz CT molecular complexity index is 1180. The molecule has 1 aliphatic carbocycles. The molecule has 7 nitrogen and oxygen atoms in total. The standard InChI is InChI=1S/C24H28N2O5S/c1-23(2,3)17-8-10-18(11-9-17)32(29,30)25-21-16-22-24(28,20-7-5-4-6-19(20)21)31-15-13-26(22)12-14-27/h4-11,16,27-28H,12-15H2,1-3H3/t24-/m1/s1. The summed E-state index contributed by atoms with van der Waals surface area (Å²) in [6.45, 7) is 7.10. The lowest BCUT2D eigenvalue weighted by Crippen LogP contribution is -2.50. The van der Waals surface area contributed by atoms with Crippen LogP contribution in [-0.4, -0.2) is 55.5 Å². The lowest BCUT2D eigenvalue weighted by Gasteiger charge is -2.45. The summed E-state index contributed by atoms with van der Waals surface area (Å²) in [7, 11) is -4.00. The van der Waals surface area contributed by atoms with Crippen LogP contribution in [-0.2, 0) is 26.0 Å². The van der Waals surface area contributed by atoms with Crippen LogP contribution in [0.2, 0.25) is 0 Å². The van der Waals surface area contributed by atoms with Crippen LogP contribution in [0.3, 0.4) is 0 Å². The Morgan fingerprint density at radius 3 is 2.47 bits per heavy atom. The van der Waals surface area contributed by atoms with Crippen LogP contribution in [0, 0.1) is 0 Å². The molecule has 0 bridgehead atoms. The van der Waals surface area contributed by atoms with Gasteiger partial charge in [0.2, 0.25) is 5.79 Å². The summed E-state index contributed by atoms with van der Waals surface area (Å²) < 4.78 is 36.2. The summed E-state index contributed by atoms with van der Waals surface area (Å²) in [6, 6.07) is 13.7. The number of aliphatic hydroxyl groups is 2. The molecular formula is C24H28N2O5S. The molecule has 4 rings (SSSR count). The molecule has 0 unspecified atom stereocenters. The van der Waals surface area contributed by atoms with Crippen LogP contribution in [0.25, 0.3) is 0 Å². The lowest BCUT2D eigenvalue weighted by atomic mass is 9.86. The molecule has 2 N–H and O–H groups in total. The molecule has 0 saturated carbocycles. The lowest BCUT2D eigenvalue weighted by molar-refractivity contribution is -0.219. The van der Waals surface area contributed by atoms with Gasteiger partial charge in [0, 0.05) is 24.2 Å². The summed E-state index contributed by atoms with van der Waals surface area (Å²) in [5, 5.41) is 20.8. The van der Waals surface area contributed by atoms with Gasteiger partial charge in [0.25, 0.3) is 10.0 Å². The molecule has 2 aromatic rings. The van der Waals surface area contributed by atoms with Gasteiger partial charge in [-0.15, -0.1) is 0 Å². The van der Waals surface area contributed by atoms with Crippen molar-refractivity contribution in [2.45, 2.75) is 36.9 Å². The molecule has 1 aliphatic heterocycles. The van der Waals surface area contributed by atoms with Crippen molar-refractivity contribution in [2.24, 2.45) is 4.40 Å². The van der Waals surface area contributed by atoms with E-state index in [1.807, 2.05) is 0 Å². The first-order valence-electron chi connectivity index (χ1n) is 10.6. The molecule has 0 radical (unpaired) electrons. The maximum Gasteiger partial charge on any atom is 0.282 e. The predicted octanol–water partition coefficient (Wildman–Crippen LogP) is 2.53. The molecule has 1 atom stereocenters. The van der Waals surface area contributed by atoms with Gasteiger partial charge in [-0.3, -0.25) is 0 Å². The van der Waals surface area contributed by atoms with E-state index in [4.69, 9.17) is 4.74 Å². The van der Waals surface area contributed by atoms with E-state index >= 15 is 0 Å². The van der Waals surface area contributed by atoms with E-state index in [2.05, 4.69) is 25.2 Å². The number of nitrogens with zero attached hydrogens (tertiary/aromatic N) is 2. The fourth-order valence-corrected chi connectivity index (χ4v) is 5.06. The fraction of sp³-hybridized carbons (Fsp3) is 0.375. The number of aliphatic hydroxyl groups excluding tert-OH is 1. The van der Waals surface area contributed by atoms with Gasteiger partial charge in [0.05, 0.1) is 29.5 Å². The number of hydrogen-bond acceptors (Lipinski definition) is 6. The number of sulfonamides is 1. The third-order valence-electron chi connectivity index (χ3n) is 5.81. The third kappa shape index (κ3) is 3.99. The van der Waals surface area contributed by atoms with Gasteiger partial charge in [-0.1, -0.05) is 57.2 Å². The molecule has 0 amide bonds. The van der Waals surface area contributed by atoms with Crippen LogP contribution < -0.4 is 0 Å². The van der Waals surface area contributed by atoms with E-state index in [9.17, 15) is 18.6 Å². The fourth-order valence-electron chi connectivity index (χ4n) is 4.06. The molecule has 1 fully saturated rings. The van der Waals surface area contributed by atoms with Crippen LogP contribution >= 0.6 is 0 Å². The number of β-amino-alcohol motifs (C(OH)–C–C–N with tert-alkyl or cyclic N) is 1. The summed E-state index contributed by atoms with van der Waals surface area (Å²) in [6.07, 6.45) is 1.54. The zero-order chi connectivity index (χ0) is 23.1. The minimum Gasteiger partial charge on any atom is -0.395 e. The molecule has 1 heterocycles. The Labute approximate surface area is 188 Å². The van der Waals surface area contributed by atoms with Crippen molar-refractivity contribution < 1.29 is 23.4 Å². The van der Waals surface area contributed by atoms with Crippen LogP contribution in [0.15, 0.2) is 69.6 Å². The second-order valence-electron chi connectivity index (χ2n) is 9.00. The average molecular weight is 457 g/mol. The van der Waals surface area contributed by atoms with Crippen molar-refractivity contribution in [2.75, 3.05) is 26.3 Å². The van der Waals surface area contributed by atoms with Gasteiger partial charge in [0.1, 0.15) is 0 Å². The first-order valence-corrected chi connectivity index (χ1v) is 12.0. The highest BCUT2D eigenvalue weighted by molar-refractivity contribution is 7.90. The van der Waals surface area contributed by atoms with Gasteiger partial charge >= 0.3 is 0 Å². The van der Waals surface area contributed by atoms with Crippen LogP contribution in [0.5, 0.6) is 0 Å². The van der Waals surface area contributed by atoms with E-state index in [1.165, 1.54) is 6.08 Å². The Kier molecular flexibility index (Phi) is 5.75. The third-order valence-corrected chi connectivity index (χ3v) is 7.11. The summed E-state index contributed by atoms with van der Waals surface area (Å²) in [5.41, 5.74) is 2.43. The van der Waals surface area contributed by atoms with Crippen molar-refractivity contribution in [3.05, 3.63) is 77.0 Å². The first kappa shape index (κ1) is 22.7. The molecule has 170 valence electrons. The number of benzene rings is 2. The van der Waals surface area contributed by atoms with E-state index in [1.54, 1.807) is 53.4 Å². The SMILES string of the molecule is CC(C)(C)c1ccc(S(=O)(=O)N=C2C=C3N(CCO)CCO[C@]3(O)c3ccccc32)cc1. The Morgan fingerprint density at radius 1 is 1.12 bits per heavy atom. The molecule has 2 aromatic carbocycles. The maximum atomic E-state index is 13.2. The highest BCUT2D eigenvalue weighted by Crippen LogP contribution is 2.41. The minimum atomic E-state index is -4.00. The summed E-state index contributed by atoms with van der Waals surface area (Å²) in [5.74, 6) is -1.72. The van der Waals surface area contributed by atoms with Crippen molar-refractivity contribution in [3.63, 3.8) is 0 Å². The number of allylic oxidation sites excluding steroid dienone is 1. The quantitative estimate of drug-likeness (QED) is 0.734. The Morgan fingerprint density at radius 2 is 1.81 bits per heavy atom. The molecule has 8 heteroatoms. The van der Waals surface area contributed by atoms with Gasteiger partial charge < -0.3 is 19.8 Å². The van der Waals surface area contributed by atoms with Crippen molar-refractivity contribution in [3.8, 4) is 0 Å². The highest BCUT2D eigenvalue weighted by Gasteiger charge is 2.46. The van der Waals surface area contributed by atoms with Gasteiger partial charge in [-0.2, -0.15) is 12.8 Å². The summed E-state index contributed by atoms with van der Waals surface area (Å²) >= 11 is 0. The zero-order valence-corrected chi connectivity index (χ0v) is 19.3. The zero-order valence-electron chi connectivity index (χ0n) is 18.4. The van der Waals surface area contributed by atoms with E-state index in [0.717, 1.165) is 5.56 Å². The van der Waals surface area contributed by atoms with Crippen LogP contribution in [0.4, 0.5) is 0 Å². The topological polar surface area (TPSA) is 99.4 Å². The predicted molar refractivity (Wildman–Crippen MR) is 122 cm³/mol. The van der Waals surface area contributed by atoms with E-state index in [0.29, 0.717) is 23.4 Å². The second-order valence-corrected chi connectivity index (χ2v) is 10.6. The number of morpholine rings is 1. The van der Waals surface area contributed by atoms with Crippen molar-refractivity contribution in [1.29, 1.82) is 0 Å². The van der Waals surface area contributed by atoms with Crippen molar-refractivity contribution >= 4 is 15.7 Å². The normalized spacial score (nSPS) is 22.3. The van der Waals surface area contributed by atoms with Crippen molar-refractivity contribution in [1.82, 2.24) is 4.90 Å². The van der Waals surface area contributed by atoms with Gasteiger partial charge in [-0.05, 0) is 29.2 Å². The van der Waals surface area contributed by atoms with E-state index in [-0.39, 0.29) is 35.8 Å². The molecule has 2 aliphatic rings. The van der Waals surface area contributed by atoms with E-state index < -0.39 is 15.8 Å². The number of hydrogen-bond donors (Lipinski definition) is 2. The Balaban J connectivity index is 1.82. The molecule has 0 spiro atoms. The second kappa shape index (κ2) is 8.12. The largest absolute Gasteiger partial charge is 0.395 e. The minimum absolute atomic E-state index is 0.0947. The summed E-state index contributed by atoms with van der Waals surface area (Å²) in [4.78, 5) is 1.89. The molecular weight excluding hydrogens is 428 g/mol. The highest BCUT2D eigenvalue weighted by atomic mass is 32.2. The Hall–Kier alpha value is -2.52. The number of fused-ring (bicyclic) bond motifs is 3.